The van der Waals surface area contributed by atoms with Gasteiger partial charge in [0.05, 0.1) is 12.7 Å². The third-order valence-corrected chi connectivity index (χ3v) is 5.51. The molecular weight excluding hydrogens is 260 g/mol. The fourth-order valence-corrected chi connectivity index (χ4v) is 4.48. The summed E-state index contributed by atoms with van der Waals surface area (Å²) in [6.45, 7) is 12.3. The van der Waals surface area contributed by atoms with Crippen molar-refractivity contribution in [2.45, 2.75) is 71.4 Å². The maximum absolute atomic E-state index is 6.21. The molecule has 4 unspecified atom stereocenters. The third kappa shape index (κ3) is 4.67. The minimum atomic E-state index is 0.391. The first-order valence-corrected chi connectivity index (χ1v) is 9.37. The molecule has 2 rings (SSSR count). The standard InChI is InChI=1S/C18H36N2O/c1-4-11-20-12-13-21-17(14-20)18(19-6-3)16-10-8-7-9-15(16)5-2/h15-19H,4-14H2,1-3H3. The first-order valence-electron chi connectivity index (χ1n) is 9.37. The number of hydrogen-bond donors (Lipinski definition) is 1. The quantitative estimate of drug-likeness (QED) is 0.780. The highest BCUT2D eigenvalue weighted by Gasteiger charge is 2.37. The lowest BCUT2D eigenvalue weighted by Gasteiger charge is -2.44. The monoisotopic (exact) mass is 296 g/mol. The summed E-state index contributed by atoms with van der Waals surface area (Å²) in [6, 6.07) is 0.555. The highest BCUT2D eigenvalue weighted by molar-refractivity contribution is 4.92. The summed E-state index contributed by atoms with van der Waals surface area (Å²) in [5.41, 5.74) is 0. The molecule has 1 saturated heterocycles. The van der Waals surface area contributed by atoms with Crippen molar-refractivity contribution in [3.8, 4) is 0 Å². The van der Waals surface area contributed by atoms with E-state index >= 15 is 0 Å². The Kier molecular flexibility index (Phi) is 7.48. The highest BCUT2D eigenvalue weighted by atomic mass is 16.5. The molecule has 0 aromatic heterocycles. The van der Waals surface area contributed by atoms with Crippen LogP contribution in [0.4, 0.5) is 0 Å². The fourth-order valence-electron chi connectivity index (χ4n) is 4.48. The summed E-state index contributed by atoms with van der Waals surface area (Å²) in [6.07, 6.45) is 8.63. The molecule has 1 aliphatic heterocycles. The zero-order valence-electron chi connectivity index (χ0n) is 14.4. The predicted molar refractivity (Wildman–Crippen MR) is 89.7 cm³/mol. The number of rotatable bonds is 7. The van der Waals surface area contributed by atoms with E-state index in [9.17, 15) is 0 Å². The molecule has 124 valence electrons. The van der Waals surface area contributed by atoms with Gasteiger partial charge in [0, 0.05) is 19.1 Å². The molecule has 21 heavy (non-hydrogen) atoms. The lowest BCUT2D eigenvalue weighted by molar-refractivity contribution is -0.0650. The SMILES string of the molecule is CCCN1CCOC(C(NCC)C2CCCCC2CC)C1. The van der Waals surface area contributed by atoms with Crippen molar-refractivity contribution < 1.29 is 4.74 Å². The molecule has 1 N–H and O–H groups in total. The van der Waals surface area contributed by atoms with E-state index < -0.39 is 0 Å². The van der Waals surface area contributed by atoms with Gasteiger partial charge in [-0.2, -0.15) is 0 Å². The molecule has 1 aliphatic carbocycles. The fraction of sp³-hybridized carbons (Fsp3) is 1.00. The van der Waals surface area contributed by atoms with Crippen molar-refractivity contribution in [1.29, 1.82) is 0 Å². The van der Waals surface area contributed by atoms with E-state index in [1.54, 1.807) is 0 Å². The Morgan fingerprint density at radius 2 is 2.00 bits per heavy atom. The van der Waals surface area contributed by atoms with E-state index in [2.05, 4.69) is 31.0 Å². The molecular formula is C18H36N2O. The maximum Gasteiger partial charge on any atom is 0.0858 e. The van der Waals surface area contributed by atoms with E-state index in [-0.39, 0.29) is 0 Å². The zero-order chi connectivity index (χ0) is 15.1. The predicted octanol–water partition coefficient (Wildman–Crippen LogP) is 3.29. The maximum atomic E-state index is 6.21. The molecule has 3 nitrogen and oxygen atoms in total. The van der Waals surface area contributed by atoms with Crippen molar-refractivity contribution >= 4 is 0 Å². The van der Waals surface area contributed by atoms with Gasteiger partial charge in [0.1, 0.15) is 0 Å². The smallest absolute Gasteiger partial charge is 0.0858 e. The zero-order valence-corrected chi connectivity index (χ0v) is 14.4. The number of hydrogen-bond acceptors (Lipinski definition) is 3. The Labute approximate surface area is 131 Å². The van der Waals surface area contributed by atoms with Gasteiger partial charge < -0.3 is 10.1 Å². The molecule has 0 spiro atoms. The van der Waals surface area contributed by atoms with E-state index in [1.165, 1.54) is 45.1 Å². The van der Waals surface area contributed by atoms with Crippen molar-refractivity contribution in [3.63, 3.8) is 0 Å². The van der Waals surface area contributed by atoms with Gasteiger partial charge in [-0.3, -0.25) is 4.90 Å². The third-order valence-electron chi connectivity index (χ3n) is 5.51. The first kappa shape index (κ1) is 17.2. The molecule has 2 aliphatic rings. The Bertz CT molecular complexity index is 282. The lowest BCUT2D eigenvalue weighted by atomic mass is 9.72. The summed E-state index contributed by atoms with van der Waals surface area (Å²) in [4.78, 5) is 2.60. The van der Waals surface area contributed by atoms with E-state index in [1.807, 2.05) is 0 Å². The van der Waals surface area contributed by atoms with Gasteiger partial charge in [0.25, 0.3) is 0 Å². The van der Waals surface area contributed by atoms with Gasteiger partial charge in [0.2, 0.25) is 0 Å². The summed E-state index contributed by atoms with van der Waals surface area (Å²) in [5.74, 6) is 1.71. The second-order valence-corrected chi connectivity index (χ2v) is 6.91. The molecule has 1 heterocycles. The number of morpholine rings is 1. The van der Waals surface area contributed by atoms with Crippen molar-refractivity contribution in [2.75, 3.05) is 32.8 Å². The minimum absolute atomic E-state index is 0.391. The highest BCUT2D eigenvalue weighted by Crippen LogP contribution is 2.36. The van der Waals surface area contributed by atoms with Crippen LogP contribution in [-0.2, 0) is 4.74 Å². The van der Waals surface area contributed by atoms with Gasteiger partial charge in [-0.15, -0.1) is 0 Å². The van der Waals surface area contributed by atoms with Crippen LogP contribution in [0.25, 0.3) is 0 Å². The van der Waals surface area contributed by atoms with Gasteiger partial charge in [-0.1, -0.05) is 46.5 Å². The second kappa shape index (κ2) is 9.12. The van der Waals surface area contributed by atoms with Gasteiger partial charge >= 0.3 is 0 Å². The molecule has 0 radical (unpaired) electrons. The topological polar surface area (TPSA) is 24.5 Å². The van der Waals surface area contributed by atoms with Gasteiger partial charge in [0.15, 0.2) is 0 Å². The Morgan fingerprint density at radius 3 is 2.71 bits per heavy atom. The average Bonchev–Trinajstić information content (AvgIpc) is 2.53. The van der Waals surface area contributed by atoms with Crippen LogP contribution in [0.15, 0.2) is 0 Å². The summed E-state index contributed by atoms with van der Waals surface area (Å²) in [5, 5.41) is 3.80. The number of nitrogens with zero attached hydrogens (tertiary/aromatic N) is 1. The van der Waals surface area contributed by atoms with Gasteiger partial charge in [-0.05, 0) is 37.8 Å². The average molecular weight is 296 g/mol. The van der Waals surface area contributed by atoms with E-state index in [0.717, 1.165) is 38.1 Å². The molecule has 0 aromatic carbocycles. The second-order valence-electron chi connectivity index (χ2n) is 6.91. The van der Waals surface area contributed by atoms with Crippen LogP contribution >= 0.6 is 0 Å². The number of likely N-dealkylation sites (N-methyl/N-ethyl adjacent to an activating group) is 1. The van der Waals surface area contributed by atoms with Gasteiger partial charge in [-0.25, -0.2) is 0 Å². The van der Waals surface area contributed by atoms with Crippen LogP contribution in [0.5, 0.6) is 0 Å². The largest absolute Gasteiger partial charge is 0.374 e. The molecule has 0 amide bonds. The Hall–Kier alpha value is -0.120. The summed E-state index contributed by atoms with van der Waals surface area (Å²) in [7, 11) is 0. The lowest BCUT2D eigenvalue weighted by Crippen LogP contribution is -2.56. The van der Waals surface area contributed by atoms with Crippen molar-refractivity contribution in [2.24, 2.45) is 11.8 Å². The van der Waals surface area contributed by atoms with Crippen molar-refractivity contribution in [1.82, 2.24) is 10.2 Å². The normalized spacial score (nSPS) is 33.0. The Balaban J connectivity index is 2.02. The van der Waals surface area contributed by atoms with Crippen LogP contribution < -0.4 is 5.32 Å². The molecule has 4 atom stereocenters. The number of nitrogens with one attached hydrogen (secondary N) is 1. The van der Waals surface area contributed by atoms with Crippen molar-refractivity contribution in [3.05, 3.63) is 0 Å². The number of ether oxygens (including phenoxy) is 1. The van der Waals surface area contributed by atoms with Crippen LogP contribution in [-0.4, -0.2) is 49.8 Å². The van der Waals surface area contributed by atoms with Crippen LogP contribution in [0.1, 0.15) is 59.3 Å². The summed E-state index contributed by atoms with van der Waals surface area (Å²) >= 11 is 0. The summed E-state index contributed by atoms with van der Waals surface area (Å²) < 4.78 is 6.21. The van der Waals surface area contributed by atoms with Crippen LogP contribution in [0.2, 0.25) is 0 Å². The van der Waals surface area contributed by atoms with E-state index in [4.69, 9.17) is 4.74 Å². The van der Waals surface area contributed by atoms with Crippen LogP contribution in [0.3, 0.4) is 0 Å². The molecule has 1 saturated carbocycles. The first-order chi connectivity index (χ1) is 10.3. The Morgan fingerprint density at radius 1 is 1.19 bits per heavy atom. The molecule has 2 fully saturated rings. The molecule has 0 aromatic rings. The molecule has 3 heteroatoms. The minimum Gasteiger partial charge on any atom is -0.374 e. The van der Waals surface area contributed by atoms with E-state index in [0.29, 0.717) is 12.1 Å². The van der Waals surface area contributed by atoms with Crippen LogP contribution in [0, 0.1) is 11.8 Å². The molecule has 0 bridgehead atoms.